The lowest BCUT2D eigenvalue weighted by Gasteiger charge is -2.44. The lowest BCUT2D eigenvalue weighted by atomic mass is 9.61. The van der Waals surface area contributed by atoms with Crippen molar-refractivity contribution in [1.82, 2.24) is 0 Å². The van der Waals surface area contributed by atoms with Gasteiger partial charge in [0.2, 0.25) is 0 Å². The molecule has 0 aromatic heterocycles. The highest BCUT2D eigenvalue weighted by molar-refractivity contribution is 5.99. The van der Waals surface area contributed by atoms with Crippen LogP contribution in [0.2, 0.25) is 0 Å². The summed E-state index contributed by atoms with van der Waals surface area (Å²) in [6, 6.07) is 67.6. The third kappa shape index (κ3) is 6.10. The van der Waals surface area contributed by atoms with E-state index in [1.165, 1.54) is 102 Å². The first-order valence-electron chi connectivity index (χ1n) is 23.7. The van der Waals surface area contributed by atoms with Crippen LogP contribution in [0, 0.1) is 0 Å². The van der Waals surface area contributed by atoms with Crippen molar-refractivity contribution < 1.29 is 0 Å². The van der Waals surface area contributed by atoms with Crippen molar-refractivity contribution in [2.24, 2.45) is 0 Å². The van der Waals surface area contributed by atoms with E-state index in [9.17, 15) is 0 Å². The van der Waals surface area contributed by atoms with Gasteiger partial charge in [-0.2, -0.15) is 0 Å². The third-order valence-corrected chi connectivity index (χ3v) is 16.0. The van der Waals surface area contributed by atoms with Gasteiger partial charge >= 0.3 is 0 Å². The predicted molar refractivity (Wildman–Crippen MR) is 272 cm³/mol. The summed E-state index contributed by atoms with van der Waals surface area (Å²) in [7, 11) is 0. The van der Waals surface area contributed by atoms with E-state index in [2.05, 4.69) is 236 Å². The van der Waals surface area contributed by atoms with Crippen molar-refractivity contribution in [1.29, 1.82) is 0 Å². The van der Waals surface area contributed by atoms with Crippen LogP contribution in [-0.2, 0) is 27.1 Å². The van der Waals surface area contributed by atoms with Crippen LogP contribution in [0.25, 0.3) is 33.0 Å². The first-order chi connectivity index (χ1) is 30.7. The van der Waals surface area contributed by atoms with E-state index in [4.69, 9.17) is 0 Å². The lowest BCUT2D eigenvalue weighted by Crippen LogP contribution is -2.34. The number of nitrogens with zero attached hydrogens (tertiary/aromatic N) is 1. The molecule has 8 aromatic carbocycles. The van der Waals surface area contributed by atoms with Gasteiger partial charge in [0.05, 0.1) is 11.1 Å². The summed E-state index contributed by atoms with van der Waals surface area (Å²) >= 11 is 0. The molecule has 0 unspecified atom stereocenters. The summed E-state index contributed by atoms with van der Waals surface area (Å²) in [4.78, 5) is 2.63. The number of fused-ring (bicyclic) bond motifs is 6. The normalized spacial score (nSPS) is 18.1. The molecular weight excluding hydrogens is 771 g/mol. The van der Waals surface area contributed by atoms with Crippen molar-refractivity contribution in [2.45, 2.75) is 108 Å². The fourth-order valence-corrected chi connectivity index (χ4v) is 12.3. The SMILES string of the molecule is CC1(C)CCC(C)(C)c2cc(N(c3ccc4ccccc4c3)c3cc4c(cc3-c3cccc5c3C(C)(C)CCC5(C)C)-c3ccccc3C4(c3ccccc3)c3ccccc3)ccc21. The molecule has 3 aliphatic carbocycles. The maximum Gasteiger partial charge on any atom is 0.0714 e. The van der Waals surface area contributed by atoms with E-state index in [0.29, 0.717) is 0 Å². The summed E-state index contributed by atoms with van der Waals surface area (Å²) in [6.45, 7) is 19.7. The Balaban J connectivity index is 1.31. The smallest absolute Gasteiger partial charge is 0.0714 e. The van der Waals surface area contributed by atoms with Crippen LogP contribution in [0.15, 0.2) is 176 Å². The molecule has 8 aromatic rings. The third-order valence-electron chi connectivity index (χ3n) is 16.0. The monoisotopic (exact) mass is 831 g/mol. The Morgan fingerprint density at radius 3 is 1.56 bits per heavy atom. The Bertz CT molecular complexity index is 3070. The molecule has 0 atom stereocenters. The standard InChI is InChI=1S/C63H61N/c1-59(2)34-35-61(5,6)56-39-47(32-33-53(56)59)64(46-31-30-42-20-15-16-21-43(42)38-46)57-41-55-50(40-51(57)49-27-19-29-54-58(49)62(7,8)37-36-60(54,3)4)48-26-17-18-28-52(48)63(55,44-22-11-9-12-23-44)45-24-13-10-14-25-45/h9-33,38-41H,34-37H2,1-8H3. The first kappa shape index (κ1) is 40.6. The molecule has 0 saturated heterocycles. The van der Waals surface area contributed by atoms with Gasteiger partial charge in [-0.15, -0.1) is 0 Å². The molecule has 0 heterocycles. The maximum absolute atomic E-state index is 2.63. The summed E-state index contributed by atoms with van der Waals surface area (Å²) in [5.74, 6) is 0. The summed E-state index contributed by atoms with van der Waals surface area (Å²) < 4.78 is 0. The van der Waals surface area contributed by atoms with Crippen LogP contribution >= 0.6 is 0 Å². The minimum Gasteiger partial charge on any atom is -0.310 e. The molecule has 318 valence electrons. The highest BCUT2D eigenvalue weighted by atomic mass is 15.1. The minimum absolute atomic E-state index is 0.0112. The number of hydrogen-bond donors (Lipinski definition) is 0. The van der Waals surface area contributed by atoms with E-state index in [1.807, 2.05) is 0 Å². The maximum atomic E-state index is 2.63. The summed E-state index contributed by atoms with van der Waals surface area (Å²) in [5, 5.41) is 2.49. The zero-order valence-electron chi connectivity index (χ0n) is 39.0. The van der Waals surface area contributed by atoms with Gasteiger partial charge in [0.25, 0.3) is 0 Å². The molecule has 0 aliphatic heterocycles. The molecule has 0 radical (unpaired) electrons. The highest BCUT2D eigenvalue weighted by Gasteiger charge is 2.48. The van der Waals surface area contributed by atoms with Crippen LogP contribution in [0.5, 0.6) is 0 Å². The van der Waals surface area contributed by atoms with Gasteiger partial charge < -0.3 is 4.90 Å². The Hall–Kier alpha value is -6.18. The average Bonchev–Trinajstić information content (AvgIpc) is 3.59. The molecule has 0 saturated carbocycles. The van der Waals surface area contributed by atoms with E-state index in [0.717, 1.165) is 18.5 Å². The van der Waals surface area contributed by atoms with Gasteiger partial charge in [0.15, 0.2) is 0 Å². The van der Waals surface area contributed by atoms with Crippen LogP contribution in [0.4, 0.5) is 17.1 Å². The minimum atomic E-state index is -0.546. The van der Waals surface area contributed by atoms with Crippen molar-refractivity contribution in [3.63, 3.8) is 0 Å². The van der Waals surface area contributed by atoms with Crippen LogP contribution in [-0.4, -0.2) is 0 Å². The number of hydrogen-bond acceptors (Lipinski definition) is 1. The Kier molecular flexibility index (Phi) is 9.14. The molecular formula is C63H61N. The molecule has 0 fully saturated rings. The summed E-state index contributed by atoms with van der Waals surface area (Å²) in [5.41, 5.74) is 19.6. The Morgan fingerprint density at radius 1 is 0.328 bits per heavy atom. The average molecular weight is 832 g/mol. The highest BCUT2D eigenvalue weighted by Crippen LogP contribution is 2.60. The van der Waals surface area contributed by atoms with Gasteiger partial charge in [-0.1, -0.05) is 195 Å². The molecule has 0 amide bonds. The van der Waals surface area contributed by atoms with E-state index in [1.54, 1.807) is 0 Å². The molecule has 0 bridgehead atoms. The van der Waals surface area contributed by atoms with E-state index in [-0.39, 0.29) is 21.7 Å². The van der Waals surface area contributed by atoms with Crippen molar-refractivity contribution in [3.05, 3.63) is 220 Å². The largest absolute Gasteiger partial charge is 0.310 e. The molecule has 0 spiro atoms. The van der Waals surface area contributed by atoms with Crippen molar-refractivity contribution >= 4 is 27.8 Å². The molecule has 11 rings (SSSR count). The zero-order chi connectivity index (χ0) is 44.2. The molecule has 1 heteroatoms. The van der Waals surface area contributed by atoms with Crippen LogP contribution in [0.3, 0.4) is 0 Å². The van der Waals surface area contributed by atoms with Gasteiger partial charge in [-0.25, -0.2) is 0 Å². The fraction of sp³-hybridized carbons (Fsp3) is 0.270. The molecule has 3 aliphatic rings. The van der Waals surface area contributed by atoms with E-state index >= 15 is 0 Å². The van der Waals surface area contributed by atoms with Crippen molar-refractivity contribution in [3.8, 4) is 22.3 Å². The Morgan fingerprint density at radius 2 is 0.859 bits per heavy atom. The summed E-state index contributed by atoms with van der Waals surface area (Å²) in [6.07, 6.45) is 4.65. The second-order valence-corrected chi connectivity index (χ2v) is 21.8. The number of anilines is 3. The lowest BCUT2D eigenvalue weighted by molar-refractivity contribution is 0.332. The quantitative estimate of drug-likeness (QED) is 0.161. The van der Waals surface area contributed by atoms with Gasteiger partial charge in [0.1, 0.15) is 0 Å². The number of benzene rings is 8. The zero-order valence-corrected chi connectivity index (χ0v) is 39.0. The Labute approximate surface area is 381 Å². The second kappa shape index (κ2) is 14.4. The second-order valence-electron chi connectivity index (χ2n) is 21.8. The predicted octanol–water partition coefficient (Wildman–Crippen LogP) is 17.0. The molecule has 64 heavy (non-hydrogen) atoms. The first-order valence-corrected chi connectivity index (χ1v) is 23.7. The molecule has 1 nitrogen and oxygen atoms in total. The topological polar surface area (TPSA) is 3.24 Å². The fourth-order valence-electron chi connectivity index (χ4n) is 12.3. The van der Waals surface area contributed by atoms with Gasteiger partial charge in [-0.05, 0) is 156 Å². The van der Waals surface area contributed by atoms with Crippen LogP contribution in [0.1, 0.15) is 126 Å². The van der Waals surface area contributed by atoms with Gasteiger partial charge in [-0.3, -0.25) is 0 Å². The van der Waals surface area contributed by atoms with E-state index < -0.39 is 5.41 Å². The van der Waals surface area contributed by atoms with Crippen molar-refractivity contribution in [2.75, 3.05) is 4.90 Å². The van der Waals surface area contributed by atoms with Crippen LogP contribution < -0.4 is 4.90 Å². The number of rotatable bonds is 6. The molecule has 0 N–H and O–H groups in total. The van der Waals surface area contributed by atoms with Gasteiger partial charge in [0, 0.05) is 16.9 Å².